The number of carbonyl (C=O) groups is 2. The summed E-state index contributed by atoms with van der Waals surface area (Å²) in [5.41, 5.74) is 4.57. The second kappa shape index (κ2) is 8.63. The van der Waals surface area contributed by atoms with Gasteiger partial charge in [-0.05, 0) is 80.2 Å². The van der Waals surface area contributed by atoms with Gasteiger partial charge in [-0.2, -0.15) is 0 Å². The van der Waals surface area contributed by atoms with Crippen molar-refractivity contribution in [2.24, 2.45) is 5.41 Å². The van der Waals surface area contributed by atoms with Crippen LogP contribution in [-0.2, 0) is 24.2 Å². The molecule has 1 atom stereocenters. The topological polar surface area (TPSA) is 69.6 Å². The summed E-state index contributed by atoms with van der Waals surface area (Å²) in [6, 6.07) is 11.9. The van der Waals surface area contributed by atoms with Gasteiger partial charge in [0.15, 0.2) is 0 Å². The average molecular weight is 384 g/mol. The first kappa shape index (κ1) is 20.2. The van der Waals surface area contributed by atoms with Crippen LogP contribution in [0.5, 0.6) is 0 Å². The normalized spacial score (nSPS) is 18.6. The van der Waals surface area contributed by atoms with E-state index in [1.165, 1.54) is 12.1 Å². The van der Waals surface area contributed by atoms with Crippen molar-refractivity contribution < 1.29 is 19.2 Å². The monoisotopic (exact) mass is 384 g/mol. The molecular weight excluding hydrogens is 359 g/mol. The molecule has 0 fully saturated rings. The highest BCUT2D eigenvalue weighted by Gasteiger charge is 2.34. The molecule has 5 nitrogen and oxygen atoms in total. The number of hydroxylamine groups is 1. The Hall–Kier alpha value is -2.57. The van der Waals surface area contributed by atoms with Crippen LogP contribution in [0.25, 0.3) is 0 Å². The van der Waals surface area contributed by atoms with E-state index in [0.717, 1.165) is 35.8 Å². The predicted molar refractivity (Wildman–Crippen MR) is 104 cm³/mol. The lowest BCUT2D eigenvalue weighted by molar-refractivity contribution is -0.117. The smallest absolute Gasteiger partial charge is 0.274 e. The SMILES string of the molecule is CN(CC[C@@]1(C=O)CCc2ccc(C(=O)NO)cc2C1)Cc1cccc(F)c1. The van der Waals surface area contributed by atoms with E-state index in [1.807, 2.05) is 19.2 Å². The van der Waals surface area contributed by atoms with Crippen molar-refractivity contribution in [2.75, 3.05) is 13.6 Å². The van der Waals surface area contributed by atoms with Crippen molar-refractivity contribution in [3.8, 4) is 0 Å². The number of halogens is 1. The predicted octanol–water partition coefficient (Wildman–Crippen LogP) is 3.14. The number of aldehydes is 1. The van der Waals surface area contributed by atoms with Crippen molar-refractivity contribution in [1.82, 2.24) is 10.4 Å². The summed E-state index contributed by atoms with van der Waals surface area (Å²) in [5.74, 6) is -0.804. The number of amides is 1. The van der Waals surface area contributed by atoms with Gasteiger partial charge < -0.3 is 9.69 Å². The Balaban J connectivity index is 1.67. The molecule has 0 heterocycles. The van der Waals surface area contributed by atoms with Gasteiger partial charge in [-0.3, -0.25) is 10.0 Å². The maximum absolute atomic E-state index is 13.4. The molecule has 0 spiro atoms. The Labute approximate surface area is 164 Å². The quantitative estimate of drug-likeness (QED) is 0.437. The Morgan fingerprint density at radius 1 is 1.29 bits per heavy atom. The van der Waals surface area contributed by atoms with E-state index >= 15 is 0 Å². The number of carbonyl (C=O) groups excluding carboxylic acids is 2. The molecule has 1 aliphatic rings. The lowest BCUT2D eigenvalue weighted by atomic mass is 9.70. The van der Waals surface area contributed by atoms with Gasteiger partial charge in [-0.25, -0.2) is 9.87 Å². The van der Waals surface area contributed by atoms with E-state index in [1.54, 1.807) is 23.7 Å². The van der Waals surface area contributed by atoms with Gasteiger partial charge in [0.05, 0.1) is 0 Å². The Morgan fingerprint density at radius 3 is 2.82 bits per heavy atom. The molecule has 3 rings (SSSR count). The van der Waals surface area contributed by atoms with E-state index in [4.69, 9.17) is 5.21 Å². The zero-order valence-electron chi connectivity index (χ0n) is 16.0. The highest BCUT2D eigenvalue weighted by Crippen LogP contribution is 2.37. The van der Waals surface area contributed by atoms with Crippen molar-refractivity contribution >= 4 is 12.2 Å². The zero-order chi connectivity index (χ0) is 20.1. The second-order valence-electron chi connectivity index (χ2n) is 7.70. The minimum absolute atomic E-state index is 0.248. The van der Waals surface area contributed by atoms with Gasteiger partial charge in [0.1, 0.15) is 12.1 Å². The lowest BCUT2D eigenvalue weighted by Crippen LogP contribution is -2.35. The maximum atomic E-state index is 13.4. The van der Waals surface area contributed by atoms with Crippen LogP contribution < -0.4 is 5.48 Å². The first-order chi connectivity index (χ1) is 13.4. The summed E-state index contributed by atoms with van der Waals surface area (Å²) < 4.78 is 13.4. The first-order valence-electron chi connectivity index (χ1n) is 9.40. The largest absolute Gasteiger partial charge is 0.303 e. The first-order valence-corrected chi connectivity index (χ1v) is 9.40. The van der Waals surface area contributed by atoms with E-state index in [0.29, 0.717) is 31.5 Å². The molecule has 1 amide bonds. The molecule has 0 saturated carbocycles. The minimum atomic E-state index is -0.556. The standard InChI is InChI=1S/C22H25FN2O3/c1-25(14-16-3-2-4-20(23)11-16)10-9-22(15-26)8-7-17-5-6-18(21(27)24-28)12-19(17)13-22/h2-6,11-12,15,28H,7-10,13-14H2,1H3,(H,24,27)/t22-/m0/s1. The summed E-state index contributed by atoms with van der Waals surface area (Å²) in [5, 5.41) is 8.84. The summed E-state index contributed by atoms with van der Waals surface area (Å²) in [6.45, 7) is 1.32. The third kappa shape index (κ3) is 4.64. The van der Waals surface area contributed by atoms with E-state index < -0.39 is 11.3 Å². The molecular formula is C22H25FN2O3. The van der Waals surface area contributed by atoms with Crippen LogP contribution in [0.4, 0.5) is 4.39 Å². The second-order valence-corrected chi connectivity index (χ2v) is 7.70. The summed E-state index contributed by atoms with van der Waals surface area (Å²) in [6.07, 6.45) is 3.86. The highest BCUT2D eigenvalue weighted by molar-refractivity contribution is 5.93. The lowest BCUT2D eigenvalue weighted by Gasteiger charge is -2.35. The molecule has 2 N–H and O–H groups in total. The zero-order valence-corrected chi connectivity index (χ0v) is 16.0. The van der Waals surface area contributed by atoms with Gasteiger partial charge >= 0.3 is 0 Å². The van der Waals surface area contributed by atoms with Crippen LogP contribution in [0, 0.1) is 11.2 Å². The van der Waals surface area contributed by atoms with Crippen LogP contribution in [0.2, 0.25) is 0 Å². The van der Waals surface area contributed by atoms with Gasteiger partial charge in [0, 0.05) is 17.5 Å². The molecule has 28 heavy (non-hydrogen) atoms. The number of aryl methyl sites for hydroxylation is 1. The van der Waals surface area contributed by atoms with Crippen molar-refractivity contribution in [1.29, 1.82) is 0 Å². The van der Waals surface area contributed by atoms with Crippen LogP contribution in [0.15, 0.2) is 42.5 Å². The van der Waals surface area contributed by atoms with E-state index in [2.05, 4.69) is 4.90 Å². The van der Waals surface area contributed by atoms with Gasteiger partial charge in [-0.15, -0.1) is 0 Å². The molecule has 0 radical (unpaired) electrons. The highest BCUT2D eigenvalue weighted by atomic mass is 19.1. The van der Waals surface area contributed by atoms with Crippen LogP contribution >= 0.6 is 0 Å². The van der Waals surface area contributed by atoms with Crippen molar-refractivity contribution in [3.63, 3.8) is 0 Å². The number of nitrogens with one attached hydrogen (secondary N) is 1. The molecule has 0 unspecified atom stereocenters. The van der Waals surface area contributed by atoms with E-state index in [-0.39, 0.29) is 5.82 Å². The molecule has 0 aromatic heterocycles. The average Bonchev–Trinajstić information content (AvgIpc) is 2.71. The minimum Gasteiger partial charge on any atom is -0.303 e. The fourth-order valence-electron chi connectivity index (χ4n) is 3.90. The van der Waals surface area contributed by atoms with E-state index in [9.17, 15) is 14.0 Å². The Morgan fingerprint density at radius 2 is 2.11 bits per heavy atom. The van der Waals surface area contributed by atoms with Gasteiger partial charge in [0.2, 0.25) is 0 Å². The molecule has 2 aromatic rings. The number of hydrogen-bond acceptors (Lipinski definition) is 4. The molecule has 0 bridgehead atoms. The van der Waals surface area contributed by atoms with Crippen molar-refractivity contribution in [3.05, 3.63) is 70.5 Å². The third-order valence-electron chi connectivity index (χ3n) is 5.59. The molecule has 0 aliphatic heterocycles. The van der Waals surface area contributed by atoms with Crippen LogP contribution in [-0.4, -0.2) is 35.9 Å². The number of rotatable bonds is 7. The van der Waals surface area contributed by atoms with Gasteiger partial charge in [-0.1, -0.05) is 18.2 Å². The summed E-state index contributed by atoms with van der Waals surface area (Å²) >= 11 is 0. The molecule has 0 saturated heterocycles. The summed E-state index contributed by atoms with van der Waals surface area (Å²) in [4.78, 5) is 25.8. The fourth-order valence-corrected chi connectivity index (χ4v) is 3.90. The molecule has 2 aromatic carbocycles. The molecule has 148 valence electrons. The fraction of sp³-hybridized carbons (Fsp3) is 0.364. The number of fused-ring (bicyclic) bond motifs is 1. The molecule has 1 aliphatic carbocycles. The molecule has 6 heteroatoms. The summed E-state index contributed by atoms with van der Waals surface area (Å²) in [7, 11) is 1.96. The number of hydrogen-bond donors (Lipinski definition) is 2. The van der Waals surface area contributed by atoms with Crippen LogP contribution in [0.1, 0.15) is 39.9 Å². The number of benzene rings is 2. The Kier molecular flexibility index (Phi) is 6.21. The van der Waals surface area contributed by atoms with Crippen LogP contribution in [0.3, 0.4) is 0 Å². The van der Waals surface area contributed by atoms with Crippen molar-refractivity contribution in [2.45, 2.75) is 32.2 Å². The number of nitrogens with zero attached hydrogens (tertiary/aromatic N) is 1. The van der Waals surface area contributed by atoms with Gasteiger partial charge in [0.25, 0.3) is 5.91 Å². The Bertz CT molecular complexity index is 871. The third-order valence-corrected chi connectivity index (χ3v) is 5.59. The maximum Gasteiger partial charge on any atom is 0.274 e.